The first-order valence-corrected chi connectivity index (χ1v) is 8.93. The van der Waals surface area contributed by atoms with Gasteiger partial charge in [-0.2, -0.15) is 4.98 Å². The summed E-state index contributed by atoms with van der Waals surface area (Å²) in [7, 11) is 2.11. The molecule has 128 valence electrons. The zero-order valence-corrected chi connectivity index (χ0v) is 14.8. The highest BCUT2D eigenvalue weighted by atomic mass is 15.3. The molecule has 1 saturated heterocycles. The van der Waals surface area contributed by atoms with E-state index in [-0.39, 0.29) is 0 Å². The maximum absolute atomic E-state index is 4.84. The summed E-state index contributed by atoms with van der Waals surface area (Å²) in [5.74, 6) is 1.90. The van der Waals surface area contributed by atoms with E-state index in [0.29, 0.717) is 0 Å². The van der Waals surface area contributed by atoms with E-state index in [1.54, 1.807) is 0 Å². The van der Waals surface area contributed by atoms with Gasteiger partial charge in [0, 0.05) is 50.8 Å². The molecule has 1 aliphatic rings. The van der Waals surface area contributed by atoms with Crippen molar-refractivity contribution in [2.24, 2.45) is 0 Å². The molecule has 3 heterocycles. The zero-order chi connectivity index (χ0) is 16.8. The van der Waals surface area contributed by atoms with Crippen LogP contribution in [0.5, 0.6) is 0 Å². The minimum Gasteiger partial charge on any atom is -0.359 e. The number of aryl methyl sites for hydroxylation is 1. The fourth-order valence-electron chi connectivity index (χ4n) is 3.11. The lowest BCUT2D eigenvalue weighted by Gasteiger charge is -2.24. The molecule has 2 aromatic rings. The Morgan fingerprint density at radius 2 is 1.75 bits per heavy atom. The lowest BCUT2D eigenvalue weighted by Crippen LogP contribution is -2.28. The van der Waals surface area contributed by atoms with E-state index < -0.39 is 0 Å². The molecular weight excluding hydrogens is 298 g/mol. The third kappa shape index (κ3) is 4.43. The Labute approximate surface area is 144 Å². The summed E-state index contributed by atoms with van der Waals surface area (Å²) >= 11 is 0. The summed E-state index contributed by atoms with van der Waals surface area (Å²) in [5, 5.41) is 0. The van der Waals surface area contributed by atoms with E-state index in [9.17, 15) is 0 Å². The third-order valence-electron chi connectivity index (χ3n) is 4.59. The normalized spacial score (nSPS) is 15.2. The highest BCUT2D eigenvalue weighted by Crippen LogP contribution is 2.20. The third-order valence-corrected chi connectivity index (χ3v) is 4.59. The van der Waals surface area contributed by atoms with Crippen molar-refractivity contribution in [3.63, 3.8) is 0 Å². The van der Waals surface area contributed by atoms with Crippen LogP contribution in [-0.4, -0.2) is 41.6 Å². The van der Waals surface area contributed by atoms with Crippen LogP contribution in [0.25, 0.3) is 0 Å². The maximum atomic E-state index is 4.84. The Balaban J connectivity index is 1.70. The molecule has 1 aliphatic heterocycles. The van der Waals surface area contributed by atoms with Gasteiger partial charge < -0.3 is 9.80 Å². The molecular formula is C19H27N5. The van der Waals surface area contributed by atoms with Crippen molar-refractivity contribution in [1.29, 1.82) is 0 Å². The molecule has 0 radical (unpaired) electrons. The van der Waals surface area contributed by atoms with Crippen LogP contribution in [0.4, 0.5) is 11.8 Å². The number of anilines is 2. The number of likely N-dealkylation sites (N-methyl/N-ethyl adjacent to an activating group) is 1. The molecule has 24 heavy (non-hydrogen) atoms. The molecule has 0 spiro atoms. The van der Waals surface area contributed by atoms with Crippen LogP contribution in [0, 0.1) is 6.92 Å². The minimum atomic E-state index is 0.891. The zero-order valence-electron chi connectivity index (χ0n) is 14.8. The molecule has 2 aromatic heterocycles. The van der Waals surface area contributed by atoms with E-state index in [1.165, 1.54) is 31.2 Å². The standard InChI is InChI=1S/C19H27N5/c1-16-15-18(23(2)14-9-17-7-10-20-11-8-17)22-19(21-16)24-12-5-3-4-6-13-24/h7-8,10-11,15H,3-6,9,12-14H2,1-2H3. The second kappa shape index (κ2) is 8.08. The summed E-state index contributed by atoms with van der Waals surface area (Å²) in [6.45, 7) is 5.14. The van der Waals surface area contributed by atoms with Crippen LogP contribution in [-0.2, 0) is 6.42 Å². The number of rotatable bonds is 5. The van der Waals surface area contributed by atoms with E-state index in [1.807, 2.05) is 12.4 Å². The van der Waals surface area contributed by atoms with Gasteiger partial charge in [0.1, 0.15) is 5.82 Å². The Hall–Kier alpha value is -2.17. The van der Waals surface area contributed by atoms with Gasteiger partial charge in [0.25, 0.3) is 0 Å². The van der Waals surface area contributed by atoms with Gasteiger partial charge in [-0.15, -0.1) is 0 Å². The molecule has 1 fully saturated rings. The molecule has 0 bridgehead atoms. The maximum Gasteiger partial charge on any atom is 0.227 e. The van der Waals surface area contributed by atoms with Crippen molar-refractivity contribution in [2.45, 2.75) is 39.0 Å². The first-order valence-electron chi connectivity index (χ1n) is 8.93. The van der Waals surface area contributed by atoms with Crippen LogP contribution in [0.1, 0.15) is 36.9 Å². The smallest absolute Gasteiger partial charge is 0.227 e. The SMILES string of the molecule is Cc1cc(N(C)CCc2ccncc2)nc(N2CCCCCC2)n1. The lowest BCUT2D eigenvalue weighted by molar-refractivity contribution is 0.726. The molecule has 0 N–H and O–H groups in total. The molecule has 0 saturated carbocycles. The van der Waals surface area contributed by atoms with Crippen LogP contribution in [0.2, 0.25) is 0 Å². The quantitative estimate of drug-likeness (QED) is 0.844. The summed E-state index contributed by atoms with van der Waals surface area (Å²) in [5.41, 5.74) is 2.34. The minimum absolute atomic E-state index is 0.891. The van der Waals surface area contributed by atoms with Crippen LogP contribution < -0.4 is 9.80 Å². The van der Waals surface area contributed by atoms with Gasteiger partial charge in [0.15, 0.2) is 0 Å². The van der Waals surface area contributed by atoms with E-state index in [2.05, 4.69) is 51.9 Å². The summed E-state index contributed by atoms with van der Waals surface area (Å²) in [6, 6.07) is 6.22. The monoisotopic (exact) mass is 325 g/mol. The van der Waals surface area contributed by atoms with Crippen molar-refractivity contribution in [3.8, 4) is 0 Å². The van der Waals surface area contributed by atoms with E-state index in [0.717, 1.165) is 43.5 Å². The summed E-state index contributed by atoms with van der Waals surface area (Å²) in [6.07, 6.45) is 9.81. The number of nitrogens with zero attached hydrogens (tertiary/aromatic N) is 5. The van der Waals surface area contributed by atoms with Crippen molar-refractivity contribution >= 4 is 11.8 Å². The fraction of sp³-hybridized carbons (Fsp3) is 0.526. The summed E-state index contributed by atoms with van der Waals surface area (Å²) < 4.78 is 0. The van der Waals surface area contributed by atoms with Crippen molar-refractivity contribution in [1.82, 2.24) is 15.0 Å². The van der Waals surface area contributed by atoms with Gasteiger partial charge in [-0.1, -0.05) is 12.8 Å². The second-order valence-electron chi connectivity index (χ2n) is 6.60. The molecule has 5 heteroatoms. The van der Waals surface area contributed by atoms with Crippen molar-refractivity contribution in [2.75, 3.05) is 36.5 Å². The number of aromatic nitrogens is 3. The predicted octanol–water partition coefficient (Wildman–Crippen LogP) is 3.24. The average Bonchev–Trinajstić information content (AvgIpc) is 2.89. The Bertz CT molecular complexity index is 635. The predicted molar refractivity (Wildman–Crippen MR) is 98.7 cm³/mol. The Kier molecular flexibility index (Phi) is 5.62. The van der Waals surface area contributed by atoms with Crippen LogP contribution in [0.3, 0.4) is 0 Å². The number of pyridine rings is 1. The molecule has 0 atom stereocenters. The molecule has 3 rings (SSSR count). The van der Waals surface area contributed by atoms with Crippen molar-refractivity contribution < 1.29 is 0 Å². The summed E-state index contributed by atoms with van der Waals surface area (Å²) in [4.78, 5) is 18.2. The molecule has 0 aliphatic carbocycles. The molecule has 5 nitrogen and oxygen atoms in total. The van der Waals surface area contributed by atoms with Gasteiger partial charge in [-0.25, -0.2) is 4.98 Å². The first-order chi connectivity index (χ1) is 11.7. The van der Waals surface area contributed by atoms with Gasteiger partial charge in [0.2, 0.25) is 5.95 Å². The topological polar surface area (TPSA) is 45.2 Å². The van der Waals surface area contributed by atoms with Gasteiger partial charge >= 0.3 is 0 Å². The van der Waals surface area contributed by atoms with Gasteiger partial charge in [0.05, 0.1) is 0 Å². The van der Waals surface area contributed by atoms with Crippen LogP contribution >= 0.6 is 0 Å². The highest BCUT2D eigenvalue weighted by Gasteiger charge is 2.15. The molecule has 0 amide bonds. The van der Waals surface area contributed by atoms with E-state index >= 15 is 0 Å². The van der Waals surface area contributed by atoms with Gasteiger partial charge in [-0.05, 0) is 43.9 Å². The lowest BCUT2D eigenvalue weighted by atomic mass is 10.2. The van der Waals surface area contributed by atoms with E-state index in [4.69, 9.17) is 4.98 Å². The largest absolute Gasteiger partial charge is 0.359 e. The number of hydrogen-bond donors (Lipinski definition) is 0. The highest BCUT2D eigenvalue weighted by molar-refractivity contribution is 5.45. The second-order valence-corrected chi connectivity index (χ2v) is 6.60. The van der Waals surface area contributed by atoms with Crippen LogP contribution in [0.15, 0.2) is 30.6 Å². The molecule has 0 aromatic carbocycles. The van der Waals surface area contributed by atoms with Crippen molar-refractivity contribution in [3.05, 3.63) is 41.9 Å². The average molecular weight is 325 g/mol. The Morgan fingerprint density at radius 3 is 2.46 bits per heavy atom. The Morgan fingerprint density at radius 1 is 1.04 bits per heavy atom. The number of hydrogen-bond acceptors (Lipinski definition) is 5. The van der Waals surface area contributed by atoms with Gasteiger partial charge in [-0.3, -0.25) is 4.98 Å². The first kappa shape index (κ1) is 16.7. The molecule has 0 unspecified atom stereocenters. The fourth-order valence-corrected chi connectivity index (χ4v) is 3.11.